The first-order chi connectivity index (χ1) is 17.1. The second-order valence-corrected chi connectivity index (χ2v) is 9.70. The molecule has 5 aromatic rings. The topological polar surface area (TPSA) is 70.0 Å². The summed E-state index contributed by atoms with van der Waals surface area (Å²) in [7, 11) is 0. The maximum absolute atomic E-state index is 14.4. The second kappa shape index (κ2) is 8.83. The number of aromatic nitrogens is 3. The van der Waals surface area contributed by atoms with Crippen molar-refractivity contribution in [3.8, 4) is 17.5 Å². The number of aryl methyl sites for hydroxylation is 1. The van der Waals surface area contributed by atoms with Crippen molar-refractivity contribution in [2.75, 3.05) is 31.1 Å². The fourth-order valence-electron chi connectivity index (χ4n) is 4.74. The molecule has 0 radical (unpaired) electrons. The normalized spacial score (nSPS) is 15.7. The molecule has 0 aliphatic carbocycles. The summed E-state index contributed by atoms with van der Waals surface area (Å²) in [5, 5.41) is 15.7. The van der Waals surface area contributed by atoms with E-state index in [0.717, 1.165) is 29.1 Å². The molecule has 35 heavy (non-hydrogen) atoms. The van der Waals surface area contributed by atoms with Crippen LogP contribution in [0.2, 0.25) is 0 Å². The van der Waals surface area contributed by atoms with Gasteiger partial charge in [0.05, 0.1) is 22.9 Å². The smallest absolute Gasteiger partial charge is 0.230 e. The molecular weight excluding hydrogens is 465 g/mol. The molecular formula is C26H24FN5O2S. The van der Waals surface area contributed by atoms with Gasteiger partial charge in [-0.15, -0.1) is 5.10 Å². The van der Waals surface area contributed by atoms with Gasteiger partial charge in [0.2, 0.25) is 16.7 Å². The molecule has 1 saturated heterocycles. The van der Waals surface area contributed by atoms with Crippen molar-refractivity contribution in [3.05, 3.63) is 88.7 Å². The first-order valence-electron chi connectivity index (χ1n) is 11.5. The average molecular weight is 490 g/mol. The van der Waals surface area contributed by atoms with Gasteiger partial charge in [0.25, 0.3) is 0 Å². The lowest BCUT2D eigenvalue weighted by Crippen LogP contribution is -2.48. The lowest BCUT2D eigenvalue weighted by atomic mass is 10.0. The van der Waals surface area contributed by atoms with Crippen LogP contribution in [-0.4, -0.2) is 50.8 Å². The van der Waals surface area contributed by atoms with Gasteiger partial charge in [-0.1, -0.05) is 53.3 Å². The van der Waals surface area contributed by atoms with Gasteiger partial charge >= 0.3 is 0 Å². The molecule has 0 spiro atoms. The molecule has 178 valence electrons. The number of furan rings is 1. The van der Waals surface area contributed by atoms with E-state index in [0.29, 0.717) is 35.3 Å². The largest absolute Gasteiger partial charge is 0.492 e. The summed E-state index contributed by atoms with van der Waals surface area (Å²) >= 11 is 1.43. The molecule has 0 amide bonds. The quantitative estimate of drug-likeness (QED) is 0.370. The summed E-state index contributed by atoms with van der Waals surface area (Å²) in [6, 6.07) is 18.7. The van der Waals surface area contributed by atoms with Crippen LogP contribution in [0.1, 0.15) is 22.0 Å². The molecule has 3 aromatic heterocycles. The first-order valence-corrected chi connectivity index (χ1v) is 12.3. The highest BCUT2D eigenvalue weighted by atomic mass is 32.1. The molecule has 0 unspecified atom stereocenters. The van der Waals surface area contributed by atoms with Gasteiger partial charge in [0.1, 0.15) is 5.82 Å². The van der Waals surface area contributed by atoms with E-state index < -0.39 is 0 Å². The maximum atomic E-state index is 14.4. The standard InChI is InChI=1S/C26H24FN5O2S/c1-17-6-4-7-18(16-17)22(31-13-11-30(12-14-31)20-9-3-2-8-19(20)27)23-25(33)32-26(35-23)28-24(29-32)21-10-5-15-34-21/h2-10,15-16,22,33H,11-14H2,1H3/t22-/m1/s1. The Bertz CT molecular complexity index is 1470. The third-order valence-electron chi connectivity index (χ3n) is 6.42. The van der Waals surface area contributed by atoms with Crippen LogP contribution in [0.3, 0.4) is 0 Å². The lowest BCUT2D eigenvalue weighted by Gasteiger charge is -2.40. The first kappa shape index (κ1) is 21.8. The lowest BCUT2D eigenvalue weighted by molar-refractivity contribution is 0.210. The molecule has 4 heterocycles. The minimum atomic E-state index is -0.202. The van der Waals surface area contributed by atoms with Crippen molar-refractivity contribution < 1.29 is 13.9 Å². The van der Waals surface area contributed by atoms with Crippen LogP contribution in [0.5, 0.6) is 5.88 Å². The number of thiazole rings is 1. The van der Waals surface area contributed by atoms with Crippen molar-refractivity contribution in [3.63, 3.8) is 0 Å². The molecule has 1 aliphatic rings. The predicted octanol–water partition coefficient (Wildman–Crippen LogP) is 5.12. The highest BCUT2D eigenvalue weighted by Crippen LogP contribution is 2.41. The van der Waals surface area contributed by atoms with E-state index in [4.69, 9.17) is 4.42 Å². The molecule has 6 rings (SSSR count). The number of para-hydroxylation sites is 1. The van der Waals surface area contributed by atoms with E-state index >= 15 is 0 Å². The Balaban J connectivity index is 1.35. The number of hydrogen-bond acceptors (Lipinski definition) is 7. The zero-order valence-corrected chi connectivity index (χ0v) is 20.0. The summed E-state index contributed by atoms with van der Waals surface area (Å²) in [4.78, 5) is 10.4. The Kier molecular flexibility index (Phi) is 5.50. The number of benzene rings is 2. The van der Waals surface area contributed by atoms with E-state index in [1.807, 2.05) is 18.2 Å². The van der Waals surface area contributed by atoms with Gasteiger partial charge in [0, 0.05) is 26.2 Å². The van der Waals surface area contributed by atoms with Crippen molar-refractivity contribution in [1.29, 1.82) is 0 Å². The number of hydrogen-bond donors (Lipinski definition) is 1. The molecule has 2 aromatic carbocycles. The summed E-state index contributed by atoms with van der Waals surface area (Å²) in [5.41, 5.74) is 2.87. The van der Waals surface area contributed by atoms with Crippen LogP contribution >= 0.6 is 11.3 Å². The van der Waals surface area contributed by atoms with Crippen LogP contribution in [0.15, 0.2) is 71.3 Å². The van der Waals surface area contributed by atoms with Crippen LogP contribution < -0.4 is 4.90 Å². The van der Waals surface area contributed by atoms with E-state index in [-0.39, 0.29) is 17.7 Å². The summed E-state index contributed by atoms with van der Waals surface area (Å²) in [5.74, 6) is 0.875. The third-order valence-corrected chi connectivity index (χ3v) is 7.49. The average Bonchev–Trinajstić information content (AvgIpc) is 3.59. The Morgan fingerprint density at radius 1 is 1.03 bits per heavy atom. The number of rotatable bonds is 5. The molecule has 1 atom stereocenters. The van der Waals surface area contributed by atoms with Crippen LogP contribution in [0.4, 0.5) is 10.1 Å². The highest BCUT2D eigenvalue weighted by Gasteiger charge is 2.32. The van der Waals surface area contributed by atoms with Gasteiger partial charge in [-0.05, 0) is 36.8 Å². The van der Waals surface area contributed by atoms with Crippen LogP contribution in [0.25, 0.3) is 16.5 Å². The van der Waals surface area contributed by atoms with E-state index in [1.165, 1.54) is 21.9 Å². The van der Waals surface area contributed by atoms with Gasteiger partial charge in [0.15, 0.2) is 5.76 Å². The van der Waals surface area contributed by atoms with Crippen LogP contribution in [0, 0.1) is 12.7 Å². The molecule has 9 heteroatoms. The number of anilines is 1. The third kappa shape index (κ3) is 3.96. The zero-order valence-electron chi connectivity index (χ0n) is 19.1. The fraction of sp³-hybridized carbons (Fsp3) is 0.231. The van der Waals surface area contributed by atoms with Crippen molar-refractivity contribution >= 4 is 22.0 Å². The Morgan fingerprint density at radius 2 is 1.86 bits per heavy atom. The molecule has 1 N–H and O–H groups in total. The number of aromatic hydroxyl groups is 1. The fourth-order valence-corrected chi connectivity index (χ4v) is 5.85. The SMILES string of the molecule is Cc1cccc([C@H](c2sc3nc(-c4ccco4)nn3c2O)N2CCN(c3ccccc3F)CC2)c1. The number of nitrogens with zero attached hydrogens (tertiary/aromatic N) is 5. The van der Waals surface area contributed by atoms with Gasteiger partial charge in [-0.2, -0.15) is 9.50 Å². The Labute approximate surface area is 205 Å². The maximum Gasteiger partial charge on any atom is 0.230 e. The van der Waals surface area contributed by atoms with Gasteiger partial charge in [-0.25, -0.2) is 4.39 Å². The van der Waals surface area contributed by atoms with E-state index in [1.54, 1.807) is 24.5 Å². The highest BCUT2D eigenvalue weighted by molar-refractivity contribution is 7.17. The molecule has 0 bridgehead atoms. The zero-order chi connectivity index (χ0) is 23.9. The van der Waals surface area contributed by atoms with Crippen molar-refractivity contribution in [2.24, 2.45) is 0 Å². The summed E-state index contributed by atoms with van der Waals surface area (Å²) < 4.78 is 21.3. The summed E-state index contributed by atoms with van der Waals surface area (Å²) in [6.45, 7) is 4.88. The van der Waals surface area contributed by atoms with Gasteiger partial charge < -0.3 is 14.4 Å². The van der Waals surface area contributed by atoms with Crippen molar-refractivity contribution in [2.45, 2.75) is 13.0 Å². The Morgan fingerprint density at radius 3 is 2.57 bits per heavy atom. The second-order valence-electron chi connectivity index (χ2n) is 8.69. The van der Waals surface area contributed by atoms with Crippen LogP contribution in [-0.2, 0) is 0 Å². The molecule has 1 fully saturated rings. The minimum absolute atomic E-state index is 0.0818. The minimum Gasteiger partial charge on any atom is -0.492 e. The Hall–Kier alpha value is -3.69. The number of halogens is 1. The summed E-state index contributed by atoms with van der Waals surface area (Å²) in [6.07, 6.45) is 1.57. The van der Waals surface area contributed by atoms with Crippen molar-refractivity contribution in [1.82, 2.24) is 19.5 Å². The van der Waals surface area contributed by atoms with E-state index in [2.05, 4.69) is 45.0 Å². The molecule has 7 nitrogen and oxygen atoms in total. The monoisotopic (exact) mass is 489 g/mol. The van der Waals surface area contributed by atoms with Gasteiger partial charge in [-0.3, -0.25) is 4.90 Å². The predicted molar refractivity (Wildman–Crippen MR) is 133 cm³/mol. The number of fused-ring (bicyclic) bond motifs is 1. The molecule has 1 aliphatic heterocycles. The van der Waals surface area contributed by atoms with E-state index in [9.17, 15) is 9.50 Å². The number of piperazine rings is 1. The molecule has 0 saturated carbocycles.